The van der Waals surface area contributed by atoms with Crippen LogP contribution in [0.1, 0.15) is 62.6 Å². The summed E-state index contributed by atoms with van der Waals surface area (Å²) in [5.41, 5.74) is 8.51. The molecule has 4 nitrogen and oxygen atoms in total. The number of hydrogen-bond acceptors (Lipinski definition) is 3. The number of amides is 1. The topological polar surface area (TPSA) is 64.3 Å². The van der Waals surface area contributed by atoms with Crippen LogP contribution < -0.4 is 11.1 Å². The summed E-state index contributed by atoms with van der Waals surface area (Å²) in [6, 6.07) is 8.17. The Morgan fingerprint density at radius 3 is 2.52 bits per heavy atom. The number of carbonyl (C=O) groups is 1. The Labute approximate surface area is 145 Å². The minimum atomic E-state index is -0.159. The third-order valence-electron chi connectivity index (χ3n) is 4.27. The molecule has 0 aliphatic carbocycles. The van der Waals surface area contributed by atoms with Crippen molar-refractivity contribution in [3.05, 3.63) is 35.4 Å². The minimum absolute atomic E-state index is 0. The molecule has 2 unspecified atom stereocenters. The van der Waals surface area contributed by atoms with Crippen molar-refractivity contribution < 1.29 is 9.53 Å². The summed E-state index contributed by atoms with van der Waals surface area (Å²) in [6.45, 7) is 5.65. The maximum atomic E-state index is 11.9. The summed E-state index contributed by atoms with van der Waals surface area (Å²) in [5.74, 6) is 0.576. The zero-order valence-corrected chi connectivity index (χ0v) is 14.9. The van der Waals surface area contributed by atoms with Gasteiger partial charge in [0, 0.05) is 25.6 Å². The van der Waals surface area contributed by atoms with Gasteiger partial charge in [-0.2, -0.15) is 0 Å². The second-order valence-corrected chi connectivity index (χ2v) is 6.41. The first kappa shape index (κ1) is 19.9. The van der Waals surface area contributed by atoms with Crippen LogP contribution in [0, 0.1) is 0 Å². The summed E-state index contributed by atoms with van der Waals surface area (Å²) < 4.78 is 5.52. The second-order valence-electron chi connectivity index (χ2n) is 6.41. The second kappa shape index (κ2) is 9.91. The van der Waals surface area contributed by atoms with E-state index in [2.05, 4.69) is 43.4 Å². The lowest BCUT2D eigenvalue weighted by Gasteiger charge is -2.15. The van der Waals surface area contributed by atoms with E-state index in [-0.39, 0.29) is 30.5 Å². The lowest BCUT2D eigenvalue weighted by Crippen LogP contribution is -2.32. The van der Waals surface area contributed by atoms with Crippen molar-refractivity contribution in [2.75, 3.05) is 13.2 Å². The SMILES string of the molecule is CC(C)c1ccc(C(N)CNC(=O)CCC2CCCO2)cc1.Cl. The zero-order valence-electron chi connectivity index (χ0n) is 14.1. The van der Waals surface area contributed by atoms with Crippen LogP contribution in [-0.2, 0) is 9.53 Å². The van der Waals surface area contributed by atoms with Crippen molar-refractivity contribution in [3.8, 4) is 0 Å². The lowest BCUT2D eigenvalue weighted by atomic mass is 9.99. The third-order valence-corrected chi connectivity index (χ3v) is 4.27. The summed E-state index contributed by atoms with van der Waals surface area (Å²) >= 11 is 0. The van der Waals surface area contributed by atoms with Gasteiger partial charge in [-0.05, 0) is 36.3 Å². The first-order chi connectivity index (χ1) is 10.6. The van der Waals surface area contributed by atoms with Gasteiger partial charge in [-0.25, -0.2) is 0 Å². The Morgan fingerprint density at radius 1 is 1.30 bits per heavy atom. The minimum Gasteiger partial charge on any atom is -0.378 e. The van der Waals surface area contributed by atoms with Gasteiger partial charge in [0.05, 0.1) is 6.10 Å². The summed E-state index contributed by atoms with van der Waals surface area (Å²) in [4.78, 5) is 11.9. The van der Waals surface area contributed by atoms with E-state index in [1.165, 1.54) is 5.56 Å². The van der Waals surface area contributed by atoms with E-state index in [0.717, 1.165) is 31.4 Å². The van der Waals surface area contributed by atoms with E-state index < -0.39 is 0 Å². The quantitative estimate of drug-likeness (QED) is 0.800. The molecular weight excluding hydrogens is 312 g/mol. The Kier molecular flexibility index (Phi) is 8.59. The van der Waals surface area contributed by atoms with Crippen molar-refractivity contribution in [2.24, 2.45) is 5.73 Å². The Morgan fingerprint density at radius 2 is 1.96 bits per heavy atom. The number of ether oxygens (including phenoxy) is 1. The fourth-order valence-electron chi connectivity index (χ4n) is 2.72. The Balaban J connectivity index is 0.00000264. The van der Waals surface area contributed by atoms with Crippen LogP contribution in [0.3, 0.4) is 0 Å². The molecular formula is C18H29ClN2O2. The predicted molar refractivity (Wildman–Crippen MR) is 95.9 cm³/mol. The van der Waals surface area contributed by atoms with Crippen molar-refractivity contribution in [1.29, 1.82) is 0 Å². The average Bonchev–Trinajstić information content (AvgIpc) is 3.04. The van der Waals surface area contributed by atoms with E-state index in [4.69, 9.17) is 10.5 Å². The van der Waals surface area contributed by atoms with E-state index in [1.54, 1.807) is 0 Å². The van der Waals surface area contributed by atoms with E-state index >= 15 is 0 Å². The van der Waals surface area contributed by atoms with Crippen molar-refractivity contribution in [2.45, 2.75) is 57.6 Å². The molecule has 0 radical (unpaired) electrons. The molecule has 0 bridgehead atoms. The first-order valence-electron chi connectivity index (χ1n) is 8.30. The van der Waals surface area contributed by atoms with Crippen LogP contribution in [-0.4, -0.2) is 25.2 Å². The molecule has 1 heterocycles. The van der Waals surface area contributed by atoms with Crippen LogP contribution in [0.4, 0.5) is 0 Å². The Bertz CT molecular complexity index is 470. The van der Waals surface area contributed by atoms with Crippen molar-refractivity contribution in [3.63, 3.8) is 0 Å². The number of nitrogens with one attached hydrogen (secondary N) is 1. The van der Waals surface area contributed by atoms with Gasteiger partial charge in [0.15, 0.2) is 0 Å². The van der Waals surface area contributed by atoms with Crippen molar-refractivity contribution >= 4 is 18.3 Å². The summed E-state index contributed by atoms with van der Waals surface area (Å²) in [6.07, 6.45) is 3.79. The molecule has 23 heavy (non-hydrogen) atoms. The molecule has 2 atom stereocenters. The number of benzene rings is 1. The molecule has 3 N–H and O–H groups in total. The molecule has 1 aliphatic heterocycles. The maximum Gasteiger partial charge on any atom is 0.220 e. The molecule has 1 fully saturated rings. The van der Waals surface area contributed by atoms with Crippen LogP contribution >= 0.6 is 12.4 Å². The first-order valence-corrected chi connectivity index (χ1v) is 8.30. The number of rotatable bonds is 7. The van der Waals surface area contributed by atoms with Gasteiger partial charge in [0.2, 0.25) is 5.91 Å². The zero-order chi connectivity index (χ0) is 15.9. The highest BCUT2D eigenvalue weighted by Gasteiger charge is 2.17. The van der Waals surface area contributed by atoms with Crippen LogP contribution in [0.15, 0.2) is 24.3 Å². The highest BCUT2D eigenvalue weighted by atomic mass is 35.5. The largest absolute Gasteiger partial charge is 0.378 e. The summed E-state index contributed by atoms with van der Waals surface area (Å²) in [5, 5.41) is 2.92. The van der Waals surface area contributed by atoms with Gasteiger partial charge in [0.1, 0.15) is 0 Å². The predicted octanol–water partition coefficient (Wildman–Crippen LogP) is 3.31. The monoisotopic (exact) mass is 340 g/mol. The molecule has 1 aromatic carbocycles. The number of hydrogen-bond donors (Lipinski definition) is 2. The van der Waals surface area contributed by atoms with Crippen LogP contribution in [0.5, 0.6) is 0 Å². The van der Waals surface area contributed by atoms with Crippen molar-refractivity contribution in [1.82, 2.24) is 5.32 Å². The molecule has 2 rings (SSSR count). The Hall–Kier alpha value is -1.10. The van der Waals surface area contributed by atoms with Gasteiger partial charge in [-0.1, -0.05) is 38.1 Å². The van der Waals surface area contributed by atoms with Gasteiger partial charge in [-0.15, -0.1) is 12.4 Å². The van der Waals surface area contributed by atoms with Gasteiger partial charge in [0.25, 0.3) is 0 Å². The van der Waals surface area contributed by atoms with Gasteiger partial charge < -0.3 is 15.8 Å². The molecule has 5 heteroatoms. The summed E-state index contributed by atoms with van der Waals surface area (Å²) in [7, 11) is 0. The fourth-order valence-corrected chi connectivity index (χ4v) is 2.72. The van der Waals surface area contributed by atoms with Gasteiger partial charge >= 0.3 is 0 Å². The number of nitrogens with two attached hydrogens (primary N) is 1. The third kappa shape index (κ3) is 6.50. The van der Waals surface area contributed by atoms with E-state index in [1.807, 2.05) is 0 Å². The average molecular weight is 341 g/mol. The lowest BCUT2D eigenvalue weighted by molar-refractivity contribution is -0.121. The van der Waals surface area contributed by atoms with Gasteiger partial charge in [-0.3, -0.25) is 4.79 Å². The molecule has 0 spiro atoms. The molecule has 1 amide bonds. The van der Waals surface area contributed by atoms with Crippen LogP contribution in [0.25, 0.3) is 0 Å². The number of carbonyl (C=O) groups excluding carboxylic acids is 1. The highest BCUT2D eigenvalue weighted by Crippen LogP contribution is 2.18. The molecule has 1 aliphatic rings. The smallest absolute Gasteiger partial charge is 0.220 e. The standard InChI is InChI=1S/C18H28N2O2.ClH/c1-13(2)14-5-7-15(8-6-14)17(19)12-20-18(21)10-9-16-4-3-11-22-16;/h5-8,13,16-17H,3-4,9-12,19H2,1-2H3,(H,20,21);1H. The van der Waals surface area contributed by atoms with Crippen LogP contribution in [0.2, 0.25) is 0 Å². The molecule has 1 saturated heterocycles. The molecule has 130 valence electrons. The fraction of sp³-hybridized carbons (Fsp3) is 0.611. The molecule has 0 saturated carbocycles. The normalized spacial score (nSPS) is 18.5. The van der Waals surface area contributed by atoms with E-state index in [0.29, 0.717) is 18.9 Å². The molecule has 1 aromatic rings. The maximum absolute atomic E-state index is 11.9. The number of halogens is 1. The molecule has 0 aromatic heterocycles. The highest BCUT2D eigenvalue weighted by molar-refractivity contribution is 5.85. The van der Waals surface area contributed by atoms with E-state index in [9.17, 15) is 4.79 Å².